The Hall–Kier alpha value is -1.75. The highest BCUT2D eigenvalue weighted by molar-refractivity contribution is 5.95. The van der Waals surface area contributed by atoms with E-state index in [9.17, 15) is 4.79 Å². The minimum Gasteiger partial charge on any atom is -0.490 e. The predicted octanol–water partition coefficient (Wildman–Crippen LogP) is 2.83. The fourth-order valence-corrected chi connectivity index (χ4v) is 2.92. The van der Waals surface area contributed by atoms with Crippen molar-refractivity contribution >= 4 is 5.91 Å². The molecular formula is C18H28N2O3. The fourth-order valence-electron chi connectivity index (χ4n) is 2.92. The van der Waals surface area contributed by atoms with Gasteiger partial charge >= 0.3 is 0 Å². The van der Waals surface area contributed by atoms with Gasteiger partial charge in [-0.3, -0.25) is 4.79 Å². The number of amides is 1. The fraction of sp³-hybridized carbons (Fsp3) is 0.611. The van der Waals surface area contributed by atoms with E-state index in [0.29, 0.717) is 36.8 Å². The molecule has 1 heterocycles. The lowest BCUT2D eigenvalue weighted by Gasteiger charge is -2.35. The van der Waals surface area contributed by atoms with Gasteiger partial charge in [0.05, 0.1) is 13.2 Å². The molecule has 0 bridgehead atoms. The van der Waals surface area contributed by atoms with Crippen molar-refractivity contribution in [2.24, 2.45) is 5.73 Å². The summed E-state index contributed by atoms with van der Waals surface area (Å²) in [6, 6.07) is 5.58. The Morgan fingerprint density at radius 2 is 2.09 bits per heavy atom. The van der Waals surface area contributed by atoms with E-state index in [1.54, 1.807) is 6.07 Å². The standard InChI is InChI=1S/C18H28N2O3/c1-3-11-23-16-9-8-14(12-17(16)22-4-2)18(21)20-10-6-5-7-15(20)13-19/h8-9,12,15H,3-7,10-11,13,19H2,1-2H3. The SMILES string of the molecule is CCCOc1ccc(C(=O)N2CCCCC2CN)cc1OCC. The van der Waals surface area contributed by atoms with E-state index in [1.807, 2.05) is 24.0 Å². The van der Waals surface area contributed by atoms with E-state index < -0.39 is 0 Å². The maximum atomic E-state index is 12.8. The molecule has 1 aromatic carbocycles. The van der Waals surface area contributed by atoms with Gasteiger partial charge in [-0.2, -0.15) is 0 Å². The lowest BCUT2D eigenvalue weighted by atomic mass is 10.0. The number of nitrogens with zero attached hydrogens (tertiary/aromatic N) is 1. The number of nitrogens with two attached hydrogens (primary N) is 1. The third-order valence-electron chi connectivity index (χ3n) is 4.11. The highest BCUT2D eigenvalue weighted by Gasteiger charge is 2.27. The number of ether oxygens (including phenoxy) is 2. The van der Waals surface area contributed by atoms with Gasteiger partial charge in [-0.15, -0.1) is 0 Å². The summed E-state index contributed by atoms with van der Waals surface area (Å²) in [6.07, 6.45) is 4.09. The molecule has 2 N–H and O–H groups in total. The van der Waals surface area contributed by atoms with Crippen LogP contribution < -0.4 is 15.2 Å². The van der Waals surface area contributed by atoms with Gasteiger partial charge in [0.15, 0.2) is 11.5 Å². The Balaban J connectivity index is 2.20. The minimum atomic E-state index is 0.0307. The summed E-state index contributed by atoms with van der Waals surface area (Å²) in [6.45, 7) is 6.44. The van der Waals surface area contributed by atoms with Gasteiger partial charge in [0.1, 0.15) is 0 Å². The van der Waals surface area contributed by atoms with Crippen LogP contribution in [0.3, 0.4) is 0 Å². The van der Waals surface area contributed by atoms with Crippen molar-refractivity contribution in [3.63, 3.8) is 0 Å². The molecule has 1 aliphatic rings. The van der Waals surface area contributed by atoms with Crippen molar-refractivity contribution in [2.45, 2.75) is 45.6 Å². The number of piperidine rings is 1. The molecule has 0 saturated carbocycles. The zero-order valence-electron chi connectivity index (χ0n) is 14.2. The first-order valence-electron chi connectivity index (χ1n) is 8.61. The smallest absolute Gasteiger partial charge is 0.254 e. The largest absolute Gasteiger partial charge is 0.490 e. The van der Waals surface area contributed by atoms with Gasteiger partial charge in [-0.25, -0.2) is 0 Å². The summed E-state index contributed by atoms with van der Waals surface area (Å²) in [5.74, 6) is 1.36. The molecule has 1 fully saturated rings. The molecule has 1 aliphatic heterocycles. The van der Waals surface area contributed by atoms with E-state index in [1.165, 1.54) is 0 Å². The summed E-state index contributed by atoms with van der Waals surface area (Å²) in [5.41, 5.74) is 6.46. The van der Waals surface area contributed by atoms with Crippen molar-refractivity contribution in [2.75, 3.05) is 26.3 Å². The van der Waals surface area contributed by atoms with Gasteiger partial charge < -0.3 is 20.1 Å². The van der Waals surface area contributed by atoms with Crippen LogP contribution in [-0.2, 0) is 0 Å². The number of carbonyl (C=O) groups is 1. The summed E-state index contributed by atoms with van der Waals surface area (Å²) < 4.78 is 11.3. The third-order valence-corrected chi connectivity index (χ3v) is 4.11. The number of hydrogen-bond acceptors (Lipinski definition) is 4. The lowest BCUT2D eigenvalue weighted by molar-refractivity contribution is 0.0623. The molecule has 1 amide bonds. The minimum absolute atomic E-state index is 0.0307. The summed E-state index contributed by atoms with van der Waals surface area (Å²) >= 11 is 0. The molecule has 128 valence electrons. The number of rotatable bonds is 7. The van der Waals surface area contributed by atoms with Gasteiger partial charge in [0.2, 0.25) is 0 Å². The number of benzene rings is 1. The van der Waals surface area contributed by atoms with Crippen LogP contribution in [0.2, 0.25) is 0 Å². The van der Waals surface area contributed by atoms with Crippen molar-refractivity contribution in [3.05, 3.63) is 23.8 Å². The van der Waals surface area contributed by atoms with Crippen molar-refractivity contribution in [3.8, 4) is 11.5 Å². The molecule has 1 atom stereocenters. The highest BCUT2D eigenvalue weighted by atomic mass is 16.5. The normalized spacial score (nSPS) is 17.9. The topological polar surface area (TPSA) is 64.8 Å². The van der Waals surface area contributed by atoms with E-state index in [0.717, 1.165) is 32.2 Å². The molecule has 5 nitrogen and oxygen atoms in total. The van der Waals surface area contributed by atoms with Gasteiger partial charge in [0.25, 0.3) is 5.91 Å². The average Bonchev–Trinajstić information content (AvgIpc) is 2.60. The number of likely N-dealkylation sites (tertiary alicyclic amines) is 1. The van der Waals surface area contributed by atoms with Crippen LogP contribution in [-0.4, -0.2) is 43.2 Å². The quantitative estimate of drug-likeness (QED) is 0.839. The molecular weight excluding hydrogens is 292 g/mol. The van der Waals surface area contributed by atoms with E-state index in [4.69, 9.17) is 15.2 Å². The average molecular weight is 320 g/mol. The van der Waals surface area contributed by atoms with E-state index >= 15 is 0 Å². The Labute approximate surface area is 138 Å². The molecule has 0 aromatic heterocycles. The molecule has 0 radical (unpaired) electrons. The molecule has 0 spiro atoms. The predicted molar refractivity (Wildman–Crippen MR) is 91.1 cm³/mol. The Kier molecular flexibility index (Phi) is 6.71. The highest BCUT2D eigenvalue weighted by Crippen LogP contribution is 2.30. The summed E-state index contributed by atoms with van der Waals surface area (Å²) in [7, 11) is 0. The first-order valence-corrected chi connectivity index (χ1v) is 8.61. The van der Waals surface area contributed by atoms with E-state index in [2.05, 4.69) is 6.92 Å². The van der Waals surface area contributed by atoms with Crippen molar-refractivity contribution < 1.29 is 14.3 Å². The summed E-state index contributed by atoms with van der Waals surface area (Å²) in [4.78, 5) is 14.7. The van der Waals surface area contributed by atoms with Crippen LogP contribution in [0.15, 0.2) is 18.2 Å². The van der Waals surface area contributed by atoms with Crippen LogP contribution in [0.1, 0.15) is 49.9 Å². The molecule has 1 saturated heterocycles. The molecule has 1 aromatic rings. The van der Waals surface area contributed by atoms with Crippen LogP contribution >= 0.6 is 0 Å². The van der Waals surface area contributed by atoms with Gasteiger partial charge in [-0.05, 0) is 50.8 Å². The Morgan fingerprint density at radius 3 is 2.78 bits per heavy atom. The Bertz CT molecular complexity index is 519. The van der Waals surface area contributed by atoms with E-state index in [-0.39, 0.29) is 11.9 Å². The second-order valence-electron chi connectivity index (χ2n) is 5.83. The molecule has 23 heavy (non-hydrogen) atoms. The van der Waals surface area contributed by atoms with Crippen molar-refractivity contribution in [1.29, 1.82) is 0 Å². The van der Waals surface area contributed by atoms with Gasteiger partial charge in [0, 0.05) is 24.7 Å². The monoisotopic (exact) mass is 320 g/mol. The Morgan fingerprint density at radius 1 is 1.26 bits per heavy atom. The zero-order chi connectivity index (χ0) is 16.7. The molecule has 1 unspecified atom stereocenters. The maximum Gasteiger partial charge on any atom is 0.254 e. The first kappa shape index (κ1) is 17.6. The van der Waals surface area contributed by atoms with Crippen LogP contribution in [0.5, 0.6) is 11.5 Å². The van der Waals surface area contributed by atoms with Crippen molar-refractivity contribution in [1.82, 2.24) is 4.90 Å². The number of carbonyl (C=O) groups excluding carboxylic acids is 1. The lowest BCUT2D eigenvalue weighted by Crippen LogP contribution is -2.47. The second kappa shape index (κ2) is 8.77. The van der Waals surface area contributed by atoms with Crippen LogP contribution in [0.4, 0.5) is 0 Å². The molecule has 0 aliphatic carbocycles. The molecule has 2 rings (SSSR count). The van der Waals surface area contributed by atoms with Crippen LogP contribution in [0.25, 0.3) is 0 Å². The second-order valence-corrected chi connectivity index (χ2v) is 5.83. The van der Waals surface area contributed by atoms with Crippen LogP contribution in [0, 0.1) is 0 Å². The zero-order valence-corrected chi connectivity index (χ0v) is 14.2. The number of hydrogen-bond donors (Lipinski definition) is 1. The summed E-state index contributed by atoms with van der Waals surface area (Å²) in [5, 5.41) is 0. The third kappa shape index (κ3) is 4.38. The van der Waals surface area contributed by atoms with Gasteiger partial charge in [-0.1, -0.05) is 6.92 Å². The molecule has 5 heteroatoms. The first-order chi connectivity index (χ1) is 11.2. The maximum absolute atomic E-state index is 12.8.